The van der Waals surface area contributed by atoms with E-state index in [1.54, 1.807) is 12.1 Å². The number of alkyl halides is 1. The molecule has 0 spiro atoms. The molecule has 0 fully saturated rings. The van der Waals surface area contributed by atoms with Crippen LogP contribution in [0.5, 0.6) is 5.75 Å². The highest BCUT2D eigenvalue weighted by molar-refractivity contribution is 7.84. The lowest BCUT2D eigenvalue weighted by molar-refractivity contribution is -0.139. The van der Waals surface area contributed by atoms with Crippen LogP contribution in [-0.4, -0.2) is 34.9 Å². The number of rotatable bonds is 11. The molecule has 0 amide bonds. The summed E-state index contributed by atoms with van der Waals surface area (Å²) in [6.07, 6.45) is 5.35. The smallest absolute Gasteiger partial charge is 0.316 e. The molecule has 0 saturated heterocycles. The molecule has 4 nitrogen and oxygen atoms in total. The van der Waals surface area contributed by atoms with Crippen molar-refractivity contribution in [2.75, 3.05) is 5.88 Å². The van der Waals surface area contributed by atoms with Gasteiger partial charge in [-0.25, -0.2) is 8.93 Å². The Balaban J connectivity index is 3.11. The number of hydrogen-bond donors (Lipinski definition) is 1. The SMILES string of the molecule is CC(C)(C)[S@](=O)N[C@@H](/C=C/C[Si](C)(C)C)[C@@H](CCCCl)C(=O)Oc1ccccc1. The average Bonchev–Trinajstić information content (AvgIpc) is 2.60. The highest BCUT2D eigenvalue weighted by atomic mass is 35.5. The Labute approximate surface area is 185 Å². The highest BCUT2D eigenvalue weighted by Gasteiger charge is 2.32. The fraction of sp³-hybridized carbons (Fsp3) is 0.591. The van der Waals surface area contributed by atoms with Gasteiger partial charge in [0, 0.05) is 14.0 Å². The van der Waals surface area contributed by atoms with Crippen molar-refractivity contribution in [1.29, 1.82) is 0 Å². The van der Waals surface area contributed by atoms with Crippen molar-refractivity contribution in [1.82, 2.24) is 4.72 Å². The molecule has 0 aliphatic rings. The predicted octanol–water partition coefficient (Wildman–Crippen LogP) is 5.54. The minimum absolute atomic E-state index is 0.331. The third-order valence-electron chi connectivity index (χ3n) is 4.22. The van der Waals surface area contributed by atoms with E-state index in [-0.39, 0.29) is 12.0 Å². The first-order chi connectivity index (χ1) is 13.4. The maximum absolute atomic E-state index is 13.0. The van der Waals surface area contributed by atoms with E-state index in [9.17, 15) is 9.00 Å². The van der Waals surface area contributed by atoms with Gasteiger partial charge in [-0.05, 0) is 51.8 Å². The fourth-order valence-electron chi connectivity index (χ4n) is 2.55. The summed E-state index contributed by atoms with van der Waals surface area (Å²) in [6, 6.07) is 9.65. The van der Waals surface area contributed by atoms with E-state index in [1.165, 1.54) is 0 Å². The number of benzene rings is 1. The molecule has 3 atom stereocenters. The molecule has 164 valence electrons. The second kappa shape index (κ2) is 12.0. The molecule has 7 heteroatoms. The van der Waals surface area contributed by atoms with E-state index in [4.69, 9.17) is 16.3 Å². The average molecular weight is 458 g/mol. The van der Waals surface area contributed by atoms with Crippen molar-refractivity contribution in [3.63, 3.8) is 0 Å². The molecule has 0 saturated carbocycles. The zero-order valence-corrected chi connectivity index (χ0v) is 21.1. The Morgan fingerprint density at radius 1 is 1.24 bits per heavy atom. The normalized spacial score (nSPS) is 15.8. The van der Waals surface area contributed by atoms with Crippen LogP contribution in [0.1, 0.15) is 33.6 Å². The summed E-state index contributed by atoms with van der Waals surface area (Å²) >= 11 is 5.91. The Morgan fingerprint density at radius 3 is 2.38 bits per heavy atom. The van der Waals surface area contributed by atoms with E-state index < -0.39 is 29.7 Å². The van der Waals surface area contributed by atoms with E-state index in [0.29, 0.717) is 24.5 Å². The van der Waals surface area contributed by atoms with E-state index in [0.717, 1.165) is 6.04 Å². The first-order valence-electron chi connectivity index (χ1n) is 10.1. The fourth-order valence-corrected chi connectivity index (χ4v) is 4.39. The van der Waals surface area contributed by atoms with Crippen LogP contribution in [0.25, 0.3) is 0 Å². The topological polar surface area (TPSA) is 55.4 Å². The first-order valence-corrected chi connectivity index (χ1v) is 15.5. The number of nitrogens with one attached hydrogen (secondary N) is 1. The zero-order valence-electron chi connectivity index (χ0n) is 18.5. The molecule has 0 radical (unpaired) electrons. The van der Waals surface area contributed by atoms with Gasteiger partial charge in [0.15, 0.2) is 0 Å². The van der Waals surface area contributed by atoms with Crippen LogP contribution in [-0.2, 0) is 15.8 Å². The van der Waals surface area contributed by atoms with Crippen LogP contribution >= 0.6 is 11.6 Å². The van der Waals surface area contributed by atoms with Gasteiger partial charge in [-0.15, -0.1) is 11.6 Å². The number of carbonyl (C=O) groups is 1. The zero-order chi connectivity index (χ0) is 22.1. The van der Waals surface area contributed by atoms with Crippen LogP contribution < -0.4 is 9.46 Å². The molecule has 0 aliphatic heterocycles. The molecule has 0 unspecified atom stereocenters. The molecule has 0 aliphatic carbocycles. The van der Waals surface area contributed by atoms with Crippen molar-refractivity contribution in [3.8, 4) is 5.75 Å². The quantitative estimate of drug-likeness (QED) is 0.156. The van der Waals surface area contributed by atoms with Gasteiger partial charge in [-0.2, -0.15) is 0 Å². The molecule has 0 bridgehead atoms. The van der Waals surface area contributed by atoms with Crippen molar-refractivity contribution in [2.24, 2.45) is 5.92 Å². The second-order valence-electron chi connectivity index (χ2n) is 9.39. The molecule has 1 N–H and O–H groups in total. The van der Waals surface area contributed by atoms with Crippen LogP contribution in [0.15, 0.2) is 42.5 Å². The molecule has 1 rings (SSSR count). The van der Waals surface area contributed by atoms with Crippen molar-refractivity contribution in [2.45, 2.75) is 70.1 Å². The molecule has 0 heterocycles. The predicted molar refractivity (Wildman–Crippen MR) is 128 cm³/mol. The number of halogens is 1. The molecule has 0 aromatic heterocycles. The van der Waals surface area contributed by atoms with Crippen molar-refractivity contribution >= 4 is 36.6 Å². The first kappa shape index (κ1) is 26.1. The minimum atomic E-state index is -1.31. The summed E-state index contributed by atoms with van der Waals surface area (Å²) < 4.78 is 21.2. The van der Waals surface area contributed by atoms with Crippen LogP contribution in [0.4, 0.5) is 0 Å². The van der Waals surface area contributed by atoms with Gasteiger partial charge in [-0.3, -0.25) is 4.79 Å². The van der Waals surface area contributed by atoms with Gasteiger partial charge in [0.2, 0.25) is 0 Å². The minimum Gasteiger partial charge on any atom is -0.426 e. The van der Waals surface area contributed by atoms with Crippen molar-refractivity contribution in [3.05, 3.63) is 42.5 Å². The highest BCUT2D eigenvalue weighted by Crippen LogP contribution is 2.22. The Kier molecular flexibility index (Phi) is 10.8. The van der Waals surface area contributed by atoms with Gasteiger partial charge in [0.05, 0.1) is 27.7 Å². The number of allylic oxidation sites excluding steroid dienone is 1. The number of para-hydroxylation sites is 1. The number of hydrogen-bond acceptors (Lipinski definition) is 3. The van der Waals surface area contributed by atoms with Gasteiger partial charge in [-0.1, -0.05) is 50.0 Å². The van der Waals surface area contributed by atoms with E-state index in [2.05, 4.69) is 30.4 Å². The Hall–Kier alpha value is -0.953. The third-order valence-corrected chi connectivity index (χ3v) is 7.55. The standard InChI is InChI=1S/C22H36ClNO3SSi/c1-22(2,3)28(26)24-20(15-11-17-29(4,5)6)19(14-10-16-23)21(25)27-18-12-8-7-9-13-18/h7-9,11-13,15,19-20,24H,10,14,16-17H2,1-6H3/b15-11+/t19-,20+,28+/m1/s1. The number of esters is 1. The summed E-state index contributed by atoms with van der Waals surface area (Å²) in [5, 5.41) is 0. The van der Waals surface area contributed by atoms with E-state index in [1.807, 2.05) is 45.0 Å². The number of carbonyl (C=O) groups excluding carboxylic acids is 1. The van der Waals surface area contributed by atoms with Crippen molar-refractivity contribution < 1.29 is 13.7 Å². The summed E-state index contributed by atoms with van der Waals surface area (Å²) in [7, 11) is -2.59. The van der Waals surface area contributed by atoms with Gasteiger partial charge in [0.25, 0.3) is 0 Å². The lowest BCUT2D eigenvalue weighted by Crippen LogP contribution is -2.45. The summed E-state index contributed by atoms with van der Waals surface area (Å²) in [5.41, 5.74) is 0. The van der Waals surface area contributed by atoms with Gasteiger partial charge >= 0.3 is 5.97 Å². The van der Waals surface area contributed by atoms with Crippen LogP contribution in [0, 0.1) is 5.92 Å². The Bertz CT molecular complexity index is 684. The summed E-state index contributed by atoms with van der Waals surface area (Å²) in [4.78, 5) is 13.0. The summed E-state index contributed by atoms with van der Waals surface area (Å²) in [6.45, 7) is 12.6. The summed E-state index contributed by atoms with van der Waals surface area (Å²) in [5.74, 6) is 0.165. The molecule has 1 aromatic carbocycles. The van der Waals surface area contributed by atoms with Crippen LogP contribution in [0.3, 0.4) is 0 Å². The maximum Gasteiger partial charge on any atom is 0.316 e. The molecular weight excluding hydrogens is 422 g/mol. The van der Waals surface area contributed by atoms with Crippen LogP contribution in [0.2, 0.25) is 25.7 Å². The number of ether oxygens (including phenoxy) is 1. The molecule has 1 aromatic rings. The van der Waals surface area contributed by atoms with Gasteiger partial charge in [0.1, 0.15) is 5.75 Å². The molecular formula is C22H36ClNO3SSi. The lowest BCUT2D eigenvalue weighted by Gasteiger charge is -2.27. The van der Waals surface area contributed by atoms with E-state index >= 15 is 0 Å². The maximum atomic E-state index is 13.0. The molecule has 29 heavy (non-hydrogen) atoms. The third kappa shape index (κ3) is 10.6. The lowest BCUT2D eigenvalue weighted by atomic mass is 9.95. The van der Waals surface area contributed by atoms with Gasteiger partial charge < -0.3 is 4.74 Å². The second-order valence-corrected chi connectivity index (χ2v) is 17.3. The largest absolute Gasteiger partial charge is 0.426 e. The monoisotopic (exact) mass is 457 g/mol. The Morgan fingerprint density at radius 2 is 1.86 bits per heavy atom.